The highest BCUT2D eigenvalue weighted by atomic mass is 35.5. The number of aliphatic imine (C=N–C) groups is 1. The van der Waals surface area contributed by atoms with E-state index in [1.165, 1.54) is 0 Å². The van der Waals surface area contributed by atoms with E-state index in [-0.39, 0.29) is 23.8 Å². The Morgan fingerprint density at radius 2 is 1.80 bits per heavy atom. The van der Waals surface area contributed by atoms with Crippen LogP contribution in [0.4, 0.5) is 0 Å². The molecule has 2 aromatic rings. The summed E-state index contributed by atoms with van der Waals surface area (Å²) >= 11 is 6.29. The Bertz CT molecular complexity index is 1270. The van der Waals surface area contributed by atoms with Gasteiger partial charge < -0.3 is 15.3 Å². The second-order valence-electron chi connectivity index (χ2n) is 12.6. The van der Waals surface area contributed by atoms with Crippen molar-refractivity contribution in [2.75, 3.05) is 13.6 Å². The summed E-state index contributed by atoms with van der Waals surface area (Å²) in [6.07, 6.45) is 7.15. The maximum absolute atomic E-state index is 14.1. The van der Waals surface area contributed by atoms with E-state index in [1.54, 1.807) is 7.05 Å². The first-order valence-corrected chi connectivity index (χ1v) is 15.0. The summed E-state index contributed by atoms with van der Waals surface area (Å²) in [5.41, 5.74) is 2.81. The van der Waals surface area contributed by atoms with Gasteiger partial charge in [-0.2, -0.15) is 0 Å². The van der Waals surface area contributed by atoms with E-state index in [9.17, 15) is 14.4 Å². The minimum absolute atomic E-state index is 0.00726. The van der Waals surface area contributed by atoms with Crippen molar-refractivity contribution in [1.29, 1.82) is 0 Å². The Morgan fingerprint density at radius 3 is 2.29 bits per heavy atom. The van der Waals surface area contributed by atoms with E-state index in [4.69, 9.17) is 21.7 Å². The minimum atomic E-state index is -0.755. The van der Waals surface area contributed by atoms with Crippen LogP contribution in [-0.2, 0) is 9.59 Å². The van der Waals surface area contributed by atoms with Gasteiger partial charge in [0.2, 0.25) is 0 Å². The molecule has 1 heterocycles. The number of amides is 1. The molecule has 0 bridgehead atoms. The quantitative estimate of drug-likeness (QED) is 0.346. The first-order chi connectivity index (χ1) is 19.5. The predicted molar refractivity (Wildman–Crippen MR) is 162 cm³/mol. The number of carboxylic acid groups (broad SMARTS) is 1. The monoisotopic (exact) mass is 579 g/mol. The molecule has 1 aliphatic heterocycles. The molecule has 2 N–H and O–H groups in total. The Hall–Kier alpha value is -3.03. The molecular weight excluding hydrogens is 538 g/mol. The Morgan fingerprint density at radius 1 is 1.15 bits per heavy atom. The number of nitrogens with one attached hydrogen (secondary N) is 1. The van der Waals surface area contributed by atoms with Crippen LogP contribution < -0.4 is 5.32 Å². The van der Waals surface area contributed by atoms with Crippen molar-refractivity contribution in [1.82, 2.24) is 10.2 Å². The number of rotatable bonds is 8. The Balaban J connectivity index is 0.000000493. The van der Waals surface area contributed by atoms with Crippen molar-refractivity contribution in [3.63, 3.8) is 0 Å². The van der Waals surface area contributed by atoms with Gasteiger partial charge in [0.15, 0.2) is 0 Å². The molecule has 220 valence electrons. The molecule has 2 aliphatic carbocycles. The van der Waals surface area contributed by atoms with Gasteiger partial charge in [0.05, 0.1) is 12.5 Å². The molecule has 1 spiro atoms. The van der Waals surface area contributed by atoms with Gasteiger partial charge in [-0.05, 0) is 80.5 Å². The number of benzene rings is 2. The van der Waals surface area contributed by atoms with Crippen LogP contribution in [0, 0.1) is 17.3 Å². The molecule has 0 saturated heterocycles. The van der Waals surface area contributed by atoms with E-state index in [2.05, 4.69) is 31.0 Å². The van der Waals surface area contributed by atoms with Gasteiger partial charge in [-0.1, -0.05) is 68.8 Å². The van der Waals surface area contributed by atoms with E-state index in [1.807, 2.05) is 48.5 Å². The molecule has 1 amide bonds. The van der Waals surface area contributed by atoms with E-state index in [0.717, 1.165) is 55.9 Å². The highest BCUT2D eigenvalue weighted by Gasteiger charge is 2.55. The fraction of sp³-hybridized carbons (Fsp3) is 0.515. The summed E-state index contributed by atoms with van der Waals surface area (Å²) in [6.45, 7) is 7.50. The lowest BCUT2D eigenvalue weighted by Gasteiger charge is -2.47. The normalized spacial score (nSPS) is 23.0. The van der Waals surface area contributed by atoms with Gasteiger partial charge in [-0.25, -0.2) is 0 Å². The van der Waals surface area contributed by atoms with Crippen LogP contribution in [0.5, 0.6) is 0 Å². The number of aldehydes is 1. The second-order valence-corrected chi connectivity index (χ2v) is 13.0. The lowest BCUT2D eigenvalue weighted by Crippen LogP contribution is -2.52. The molecule has 0 aromatic heterocycles. The number of aliphatic carboxylic acids is 1. The van der Waals surface area contributed by atoms with Crippen LogP contribution in [-0.4, -0.2) is 53.1 Å². The number of nitrogens with zero attached hydrogens (tertiary/aromatic N) is 2. The van der Waals surface area contributed by atoms with Crippen LogP contribution in [0.15, 0.2) is 53.5 Å². The molecule has 2 aromatic carbocycles. The first-order valence-electron chi connectivity index (χ1n) is 14.6. The molecule has 1 atom stereocenters. The zero-order chi connectivity index (χ0) is 29.8. The van der Waals surface area contributed by atoms with Crippen molar-refractivity contribution in [3.8, 4) is 0 Å². The van der Waals surface area contributed by atoms with E-state index < -0.39 is 11.6 Å². The van der Waals surface area contributed by atoms with Gasteiger partial charge in [-0.15, -0.1) is 0 Å². The molecule has 5 rings (SSSR count). The predicted octanol–water partition coefficient (Wildman–Crippen LogP) is 6.55. The zero-order valence-corrected chi connectivity index (χ0v) is 25.3. The highest BCUT2D eigenvalue weighted by molar-refractivity contribution is 6.47. The number of halogens is 1. The number of carbonyl (C=O) groups excluding carboxylic acids is 2. The third kappa shape index (κ3) is 7.25. The molecule has 7 nitrogen and oxygen atoms in total. The van der Waals surface area contributed by atoms with Gasteiger partial charge in [-0.3, -0.25) is 19.4 Å². The summed E-state index contributed by atoms with van der Waals surface area (Å²) in [5.74, 6) is 0.297. The third-order valence-electron chi connectivity index (χ3n) is 8.65. The summed E-state index contributed by atoms with van der Waals surface area (Å²) in [5, 5.41) is 11.3. The SMILES string of the molecule is CC(C)(C)C1CCC2(CC1)N=C(c1cccc(Cl)c1)C(=O)N2C(c1ccc(C=O)cc1)C1CC1.CNCCC(=O)O. The van der Waals surface area contributed by atoms with E-state index in [0.29, 0.717) is 34.7 Å². The highest BCUT2D eigenvalue weighted by Crippen LogP contribution is 2.54. The van der Waals surface area contributed by atoms with Crippen LogP contribution in [0.2, 0.25) is 5.02 Å². The Labute approximate surface area is 248 Å². The van der Waals surface area contributed by atoms with Crippen molar-refractivity contribution < 1.29 is 19.5 Å². The molecule has 3 aliphatic rings. The summed E-state index contributed by atoms with van der Waals surface area (Å²) in [4.78, 5) is 42.4. The van der Waals surface area contributed by atoms with Crippen molar-refractivity contribution in [2.24, 2.45) is 22.2 Å². The molecule has 1 unspecified atom stereocenters. The van der Waals surface area contributed by atoms with Gasteiger partial charge in [0.25, 0.3) is 5.91 Å². The smallest absolute Gasteiger partial charge is 0.304 e. The van der Waals surface area contributed by atoms with Crippen LogP contribution in [0.25, 0.3) is 0 Å². The van der Waals surface area contributed by atoms with Crippen LogP contribution in [0.1, 0.15) is 93.2 Å². The lowest BCUT2D eigenvalue weighted by molar-refractivity contribution is -0.137. The summed E-state index contributed by atoms with van der Waals surface area (Å²) in [6, 6.07) is 15.2. The average Bonchev–Trinajstić information content (AvgIpc) is 3.74. The van der Waals surface area contributed by atoms with Gasteiger partial charge in [0.1, 0.15) is 17.7 Å². The average molecular weight is 580 g/mol. The zero-order valence-electron chi connectivity index (χ0n) is 24.5. The second kappa shape index (κ2) is 12.9. The van der Waals surface area contributed by atoms with Crippen LogP contribution >= 0.6 is 11.6 Å². The lowest BCUT2D eigenvalue weighted by atomic mass is 9.69. The molecule has 2 saturated carbocycles. The molecule has 0 radical (unpaired) electrons. The molecule has 2 fully saturated rings. The first kappa shape index (κ1) is 30.9. The number of hydrogen-bond donors (Lipinski definition) is 2. The third-order valence-corrected chi connectivity index (χ3v) is 8.88. The maximum Gasteiger partial charge on any atom is 0.304 e. The number of carboxylic acids is 1. The fourth-order valence-electron chi connectivity index (χ4n) is 6.17. The number of carbonyl (C=O) groups is 3. The largest absolute Gasteiger partial charge is 0.481 e. The van der Waals surface area contributed by atoms with Crippen molar-refractivity contribution in [2.45, 2.75) is 77.4 Å². The maximum atomic E-state index is 14.1. The van der Waals surface area contributed by atoms with E-state index >= 15 is 0 Å². The fourth-order valence-corrected chi connectivity index (χ4v) is 6.36. The molecular formula is C33H42ClN3O4. The van der Waals surface area contributed by atoms with Gasteiger partial charge in [0, 0.05) is 22.7 Å². The summed E-state index contributed by atoms with van der Waals surface area (Å²) < 4.78 is 0. The van der Waals surface area contributed by atoms with Crippen LogP contribution in [0.3, 0.4) is 0 Å². The summed E-state index contributed by atoms with van der Waals surface area (Å²) in [7, 11) is 1.73. The topological polar surface area (TPSA) is 99.1 Å². The molecule has 41 heavy (non-hydrogen) atoms. The number of hydrogen-bond acceptors (Lipinski definition) is 5. The van der Waals surface area contributed by atoms with Crippen molar-refractivity contribution >= 4 is 35.5 Å². The standard InChI is InChI=1S/C29H33ClN2O2.C4H9NO2/c1-28(2,3)23-13-15-29(16-14-23)31-25(22-5-4-6-24(30)17-22)27(34)32(29)26(21-11-12-21)20-9-7-19(18-33)8-10-20;1-5-3-2-4(6)7/h4-10,17-18,21,23,26H,11-16H2,1-3H3;5H,2-3H2,1H3,(H,6,7). The van der Waals surface area contributed by atoms with Crippen molar-refractivity contribution in [3.05, 3.63) is 70.2 Å². The minimum Gasteiger partial charge on any atom is -0.481 e. The molecule has 8 heteroatoms. The Kier molecular flexibility index (Phi) is 9.70. The van der Waals surface area contributed by atoms with Gasteiger partial charge >= 0.3 is 5.97 Å².